The standard InChI is InChI=1S/C18H10N4O/c19-11-12-4-3-6-14(10-12)18-21-17(22-23-18)16-9-8-13-5-1-2-7-15(13)20-16/h1-10H. The number of rotatable bonds is 2. The van der Waals surface area contributed by atoms with Crippen LogP contribution in [0.1, 0.15) is 5.56 Å². The van der Waals surface area contributed by atoms with Gasteiger partial charge in [-0.15, -0.1) is 0 Å². The Hall–Kier alpha value is -3.52. The van der Waals surface area contributed by atoms with E-state index in [-0.39, 0.29) is 0 Å². The van der Waals surface area contributed by atoms with Crippen LogP contribution < -0.4 is 0 Å². The average Bonchev–Trinajstić information content (AvgIpc) is 3.11. The van der Waals surface area contributed by atoms with Crippen LogP contribution in [-0.4, -0.2) is 15.1 Å². The predicted octanol–water partition coefficient (Wildman–Crippen LogP) is 3.82. The van der Waals surface area contributed by atoms with Crippen molar-refractivity contribution in [2.24, 2.45) is 0 Å². The van der Waals surface area contributed by atoms with Gasteiger partial charge in [0, 0.05) is 10.9 Å². The smallest absolute Gasteiger partial charge is 0.258 e. The molecule has 0 aliphatic carbocycles. The van der Waals surface area contributed by atoms with E-state index >= 15 is 0 Å². The molecule has 23 heavy (non-hydrogen) atoms. The van der Waals surface area contributed by atoms with Gasteiger partial charge in [-0.25, -0.2) is 4.98 Å². The monoisotopic (exact) mass is 298 g/mol. The van der Waals surface area contributed by atoms with E-state index in [4.69, 9.17) is 9.78 Å². The molecule has 0 aliphatic heterocycles. The van der Waals surface area contributed by atoms with Crippen molar-refractivity contribution >= 4 is 10.9 Å². The van der Waals surface area contributed by atoms with Crippen molar-refractivity contribution < 1.29 is 4.52 Å². The number of pyridine rings is 1. The number of para-hydroxylation sites is 1. The van der Waals surface area contributed by atoms with Gasteiger partial charge in [0.2, 0.25) is 5.82 Å². The quantitative estimate of drug-likeness (QED) is 0.562. The minimum absolute atomic E-state index is 0.368. The Labute approximate surface area is 131 Å². The second-order valence-corrected chi connectivity index (χ2v) is 5.00. The molecule has 0 unspecified atom stereocenters. The Balaban J connectivity index is 1.75. The molecule has 2 heterocycles. The number of fused-ring (bicyclic) bond motifs is 1. The Bertz CT molecular complexity index is 1050. The van der Waals surface area contributed by atoms with Gasteiger partial charge in [-0.1, -0.05) is 35.5 Å². The number of hydrogen-bond donors (Lipinski definition) is 0. The van der Waals surface area contributed by atoms with Crippen molar-refractivity contribution in [3.05, 3.63) is 66.2 Å². The molecule has 4 aromatic rings. The third-order valence-electron chi connectivity index (χ3n) is 3.49. The first-order valence-corrected chi connectivity index (χ1v) is 7.04. The number of benzene rings is 2. The highest BCUT2D eigenvalue weighted by Gasteiger charge is 2.12. The first kappa shape index (κ1) is 13.2. The van der Waals surface area contributed by atoms with Crippen LogP contribution in [0.5, 0.6) is 0 Å². The Morgan fingerprint density at radius 2 is 1.83 bits per heavy atom. The number of aromatic nitrogens is 3. The van der Waals surface area contributed by atoms with Crippen LogP contribution in [-0.2, 0) is 0 Å². The van der Waals surface area contributed by atoms with Gasteiger partial charge in [-0.3, -0.25) is 0 Å². The fourth-order valence-corrected chi connectivity index (χ4v) is 2.36. The minimum atomic E-state index is 0.368. The Morgan fingerprint density at radius 3 is 2.74 bits per heavy atom. The molecule has 0 bridgehead atoms. The minimum Gasteiger partial charge on any atom is -0.334 e. The van der Waals surface area contributed by atoms with Gasteiger partial charge < -0.3 is 4.52 Å². The van der Waals surface area contributed by atoms with E-state index < -0.39 is 0 Å². The summed E-state index contributed by atoms with van der Waals surface area (Å²) in [4.78, 5) is 8.93. The second-order valence-electron chi connectivity index (χ2n) is 5.00. The highest BCUT2D eigenvalue weighted by molar-refractivity contribution is 5.80. The molecule has 5 heteroatoms. The van der Waals surface area contributed by atoms with Crippen molar-refractivity contribution in [2.45, 2.75) is 0 Å². The van der Waals surface area contributed by atoms with E-state index in [1.54, 1.807) is 18.2 Å². The first-order chi connectivity index (χ1) is 11.3. The molecule has 0 saturated carbocycles. The molecule has 2 aromatic heterocycles. The highest BCUT2D eigenvalue weighted by atomic mass is 16.5. The molecule has 0 saturated heterocycles. The molecule has 0 atom stereocenters. The zero-order valence-corrected chi connectivity index (χ0v) is 12.0. The summed E-state index contributed by atoms with van der Waals surface area (Å²) < 4.78 is 5.31. The van der Waals surface area contributed by atoms with E-state index in [1.807, 2.05) is 42.5 Å². The van der Waals surface area contributed by atoms with Crippen LogP contribution in [0.25, 0.3) is 33.9 Å². The van der Waals surface area contributed by atoms with Crippen LogP contribution in [0, 0.1) is 11.3 Å². The second kappa shape index (κ2) is 5.35. The van der Waals surface area contributed by atoms with Gasteiger partial charge in [0.15, 0.2) is 0 Å². The number of nitriles is 1. The van der Waals surface area contributed by atoms with Crippen LogP contribution in [0.2, 0.25) is 0 Å². The van der Waals surface area contributed by atoms with E-state index in [9.17, 15) is 0 Å². The first-order valence-electron chi connectivity index (χ1n) is 7.04. The van der Waals surface area contributed by atoms with Gasteiger partial charge in [0.1, 0.15) is 5.69 Å². The lowest BCUT2D eigenvalue weighted by Crippen LogP contribution is -1.87. The summed E-state index contributed by atoms with van der Waals surface area (Å²) in [7, 11) is 0. The zero-order valence-electron chi connectivity index (χ0n) is 12.0. The molecule has 108 valence electrons. The molecule has 5 nitrogen and oxygen atoms in total. The Morgan fingerprint density at radius 1 is 0.913 bits per heavy atom. The van der Waals surface area contributed by atoms with Crippen molar-refractivity contribution in [1.29, 1.82) is 5.26 Å². The maximum atomic E-state index is 8.97. The van der Waals surface area contributed by atoms with Crippen molar-refractivity contribution in [3.63, 3.8) is 0 Å². The highest BCUT2D eigenvalue weighted by Crippen LogP contribution is 2.23. The van der Waals surface area contributed by atoms with Crippen LogP contribution in [0.3, 0.4) is 0 Å². The summed E-state index contributed by atoms with van der Waals surface area (Å²) in [6.07, 6.45) is 0. The molecule has 0 aliphatic rings. The molecule has 0 amide bonds. The molecular formula is C18H10N4O. The average molecular weight is 298 g/mol. The Kier molecular flexibility index (Phi) is 3.06. The molecule has 0 fully saturated rings. The van der Waals surface area contributed by atoms with E-state index in [2.05, 4.69) is 21.2 Å². The molecule has 0 N–H and O–H groups in total. The summed E-state index contributed by atoms with van der Waals surface area (Å²) in [5.74, 6) is 0.792. The SMILES string of the molecule is N#Cc1cccc(-c2nc(-c3ccc4ccccc4n3)no2)c1. The van der Waals surface area contributed by atoms with Gasteiger partial charge in [-0.05, 0) is 30.3 Å². The topological polar surface area (TPSA) is 75.6 Å². The largest absolute Gasteiger partial charge is 0.334 e. The summed E-state index contributed by atoms with van der Waals surface area (Å²) in [6.45, 7) is 0. The maximum Gasteiger partial charge on any atom is 0.258 e. The molecule has 4 rings (SSSR count). The molecular weight excluding hydrogens is 288 g/mol. The molecule has 0 spiro atoms. The normalized spacial score (nSPS) is 10.6. The number of nitrogens with zero attached hydrogens (tertiary/aromatic N) is 4. The fraction of sp³-hybridized carbons (Fsp3) is 0. The third-order valence-corrected chi connectivity index (χ3v) is 3.49. The lowest BCUT2D eigenvalue weighted by molar-refractivity contribution is 0.432. The van der Waals surface area contributed by atoms with E-state index in [0.29, 0.717) is 28.5 Å². The third kappa shape index (κ3) is 2.43. The van der Waals surface area contributed by atoms with E-state index in [1.165, 1.54) is 0 Å². The summed E-state index contributed by atoms with van der Waals surface area (Å²) in [6, 6.07) is 20.8. The summed E-state index contributed by atoms with van der Waals surface area (Å²) in [5, 5.41) is 14.0. The lowest BCUT2D eigenvalue weighted by Gasteiger charge is -1.98. The van der Waals surface area contributed by atoms with E-state index in [0.717, 1.165) is 10.9 Å². The molecule has 2 aromatic carbocycles. The van der Waals surface area contributed by atoms with Gasteiger partial charge in [0.25, 0.3) is 5.89 Å². The van der Waals surface area contributed by atoms with Crippen LogP contribution in [0.15, 0.2) is 65.2 Å². The maximum absolute atomic E-state index is 8.97. The van der Waals surface area contributed by atoms with Gasteiger partial charge in [0.05, 0.1) is 17.1 Å². The zero-order chi connectivity index (χ0) is 15.6. The van der Waals surface area contributed by atoms with Crippen molar-refractivity contribution in [2.75, 3.05) is 0 Å². The van der Waals surface area contributed by atoms with Crippen molar-refractivity contribution in [3.8, 4) is 29.0 Å². The van der Waals surface area contributed by atoms with Crippen molar-refractivity contribution in [1.82, 2.24) is 15.1 Å². The summed E-state index contributed by atoms with van der Waals surface area (Å²) >= 11 is 0. The number of hydrogen-bond acceptors (Lipinski definition) is 5. The van der Waals surface area contributed by atoms with Gasteiger partial charge in [-0.2, -0.15) is 10.2 Å². The van der Waals surface area contributed by atoms with Gasteiger partial charge >= 0.3 is 0 Å². The predicted molar refractivity (Wildman–Crippen MR) is 85.2 cm³/mol. The summed E-state index contributed by atoms with van der Waals surface area (Å²) in [5.41, 5.74) is 2.78. The molecule has 0 radical (unpaired) electrons. The van der Waals surface area contributed by atoms with Crippen LogP contribution >= 0.6 is 0 Å². The lowest BCUT2D eigenvalue weighted by atomic mass is 10.1. The fourth-order valence-electron chi connectivity index (χ4n) is 2.36. The van der Waals surface area contributed by atoms with Crippen LogP contribution in [0.4, 0.5) is 0 Å².